The number of carbonyl (C=O) groups excluding carboxylic acids is 2. The van der Waals surface area contributed by atoms with Gasteiger partial charge in [0.25, 0.3) is 0 Å². The van der Waals surface area contributed by atoms with Crippen LogP contribution in [0.2, 0.25) is 0 Å². The Morgan fingerprint density at radius 3 is 2.53 bits per heavy atom. The Bertz CT molecular complexity index is 378. The van der Waals surface area contributed by atoms with Crippen molar-refractivity contribution >= 4 is 11.9 Å². The first kappa shape index (κ1) is 12.9. The SMILES string of the molecule is O=C(NC[C@H]1CCCO1)[C@@H]1[C@@H]2CC[C@@H](C2)[C@@H]1C(=O)[O-]. The molecule has 0 unspecified atom stereocenters. The van der Waals surface area contributed by atoms with Crippen molar-refractivity contribution in [3.8, 4) is 0 Å². The standard InChI is InChI=1S/C14H21NO4/c16-13(15-7-10-2-1-5-19-10)11-8-3-4-9(6-8)12(11)14(17)18/h8-12H,1-7H2,(H,15,16)(H,17,18)/p-1/t8-,9+,10-,11-,12+/m1/s1. The Labute approximate surface area is 112 Å². The zero-order valence-electron chi connectivity index (χ0n) is 11.0. The van der Waals surface area contributed by atoms with Crippen LogP contribution in [0.4, 0.5) is 0 Å². The maximum atomic E-state index is 12.2. The largest absolute Gasteiger partial charge is 0.550 e. The summed E-state index contributed by atoms with van der Waals surface area (Å²) >= 11 is 0. The van der Waals surface area contributed by atoms with Gasteiger partial charge in [-0.15, -0.1) is 0 Å². The average Bonchev–Trinajstić information content (AvgIpc) is 3.10. The van der Waals surface area contributed by atoms with Crippen LogP contribution in [0.25, 0.3) is 0 Å². The first-order valence-corrected chi connectivity index (χ1v) is 7.27. The lowest BCUT2D eigenvalue weighted by molar-refractivity contribution is -0.314. The van der Waals surface area contributed by atoms with Gasteiger partial charge in [-0.05, 0) is 43.9 Å². The Morgan fingerprint density at radius 2 is 1.89 bits per heavy atom. The van der Waals surface area contributed by atoms with Gasteiger partial charge in [-0.3, -0.25) is 4.79 Å². The van der Waals surface area contributed by atoms with Gasteiger partial charge >= 0.3 is 0 Å². The van der Waals surface area contributed by atoms with Crippen LogP contribution in [0, 0.1) is 23.7 Å². The summed E-state index contributed by atoms with van der Waals surface area (Å²) in [5, 5.41) is 14.1. The number of hydrogen-bond donors (Lipinski definition) is 1. The second-order valence-corrected chi connectivity index (χ2v) is 6.08. The molecule has 1 aliphatic heterocycles. The molecule has 3 rings (SSSR count). The molecule has 0 aromatic rings. The molecular weight excluding hydrogens is 246 g/mol. The topological polar surface area (TPSA) is 78.5 Å². The van der Waals surface area contributed by atoms with E-state index in [1.165, 1.54) is 0 Å². The molecule has 5 atom stereocenters. The second kappa shape index (κ2) is 5.12. The zero-order valence-corrected chi connectivity index (χ0v) is 11.0. The molecule has 106 valence electrons. The van der Waals surface area contributed by atoms with E-state index in [2.05, 4.69) is 5.32 Å². The van der Waals surface area contributed by atoms with Crippen LogP contribution in [0.15, 0.2) is 0 Å². The van der Waals surface area contributed by atoms with Gasteiger partial charge < -0.3 is 20.0 Å². The van der Waals surface area contributed by atoms with E-state index in [0.29, 0.717) is 6.54 Å². The van der Waals surface area contributed by atoms with Crippen molar-refractivity contribution in [2.45, 2.75) is 38.2 Å². The highest BCUT2D eigenvalue weighted by atomic mass is 16.5. The predicted octanol–water partition coefficient (Wildman–Crippen LogP) is -0.306. The fourth-order valence-corrected chi connectivity index (χ4v) is 4.15. The summed E-state index contributed by atoms with van der Waals surface area (Å²) in [6, 6.07) is 0. The molecule has 1 N–H and O–H groups in total. The minimum absolute atomic E-state index is 0.101. The number of ether oxygens (including phenoxy) is 1. The van der Waals surface area contributed by atoms with Crippen LogP contribution < -0.4 is 10.4 Å². The normalized spacial score (nSPS) is 40.5. The molecule has 2 saturated carbocycles. The van der Waals surface area contributed by atoms with E-state index in [-0.39, 0.29) is 29.8 Å². The van der Waals surface area contributed by atoms with E-state index in [9.17, 15) is 14.7 Å². The average molecular weight is 266 g/mol. The molecule has 1 amide bonds. The number of amides is 1. The van der Waals surface area contributed by atoms with E-state index in [1.807, 2.05) is 0 Å². The minimum atomic E-state index is -1.05. The maximum Gasteiger partial charge on any atom is 0.224 e. The lowest BCUT2D eigenvalue weighted by Crippen LogP contribution is -2.47. The summed E-state index contributed by atoms with van der Waals surface area (Å²) in [6.45, 7) is 1.27. The van der Waals surface area contributed by atoms with Gasteiger partial charge in [0, 0.05) is 31.0 Å². The van der Waals surface area contributed by atoms with Gasteiger partial charge in [0.1, 0.15) is 0 Å². The lowest BCUT2D eigenvalue weighted by Gasteiger charge is -2.31. The third kappa shape index (κ3) is 2.36. The fourth-order valence-electron chi connectivity index (χ4n) is 4.15. The first-order chi connectivity index (χ1) is 9.16. The van der Waals surface area contributed by atoms with Crippen molar-refractivity contribution in [3.05, 3.63) is 0 Å². The summed E-state index contributed by atoms with van der Waals surface area (Å²) in [4.78, 5) is 23.5. The fraction of sp³-hybridized carbons (Fsp3) is 0.857. The van der Waals surface area contributed by atoms with E-state index in [4.69, 9.17) is 4.74 Å². The summed E-state index contributed by atoms with van der Waals surface area (Å²) in [5.41, 5.74) is 0. The Morgan fingerprint density at radius 1 is 1.16 bits per heavy atom. The molecule has 1 saturated heterocycles. The van der Waals surface area contributed by atoms with Crippen molar-refractivity contribution in [2.75, 3.05) is 13.2 Å². The molecular formula is C14H20NO4-. The van der Waals surface area contributed by atoms with E-state index < -0.39 is 11.9 Å². The minimum Gasteiger partial charge on any atom is -0.550 e. The van der Waals surface area contributed by atoms with Crippen molar-refractivity contribution in [3.63, 3.8) is 0 Å². The number of carbonyl (C=O) groups is 2. The quantitative estimate of drug-likeness (QED) is 0.757. The van der Waals surface area contributed by atoms with Crippen LogP contribution in [0.1, 0.15) is 32.1 Å². The van der Waals surface area contributed by atoms with Gasteiger partial charge in [0.15, 0.2) is 0 Å². The van der Waals surface area contributed by atoms with Crippen molar-refractivity contribution in [1.82, 2.24) is 5.32 Å². The highest BCUT2D eigenvalue weighted by Crippen LogP contribution is 2.52. The molecule has 2 bridgehead atoms. The molecule has 3 aliphatic rings. The first-order valence-electron chi connectivity index (χ1n) is 7.27. The summed E-state index contributed by atoms with van der Waals surface area (Å²) in [6.07, 6.45) is 4.89. The number of hydrogen-bond acceptors (Lipinski definition) is 4. The van der Waals surface area contributed by atoms with Crippen molar-refractivity contribution < 1.29 is 19.4 Å². The third-order valence-electron chi connectivity index (χ3n) is 5.02. The van der Waals surface area contributed by atoms with Crippen molar-refractivity contribution in [2.24, 2.45) is 23.7 Å². The second-order valence-electron chi connectivity index (χ2n) is 6.08. The molecule has 5 nitrogen and oxygen atoms in total. The van der Waals surface area contributed by atoms with Gasteiger partial charge in [0.05, 0.1) is 6.10 Å². The molecule has 1 heterocycles. The molecule has 2 aliphatic carbocycles. The van der Waals surface area contributed by atoms with Crippen LogP contribution in [0.5, 0.6) is 0 Å². The summed E-state index contributed by atoms with van der Waals surface area (Å²) < 4.78 is 5.46. The molecule has 0 radical (unpaired) electrons. The van der Waals surface area contributed by atoms with Crippen LogP contribution in [0.3, 0.4) is 0 Å². The number of carboxylic acids is 1. The summed E-state index contributed by atoms with van der Waals surface area (Å²) in [5.74, 6) is -1.75. The molecule has 5 heteroatoms. The number of nitrogens with one attached hydrogen (secondary N) is 1. The zero-order chi connectivity index (χ0) is 13.4. The van der Waals surface area contributed by atoms with Crippen molar-refractivity contribution in [1.29, 1.82) is 0 Å². The number of fused-ring (bicyclic) bond motifs is 2. The van der Waals surface area contributed by atoms with Gasteiger partial charge in [-0.1, -0.05) is 0 Å². The monoisotopic (exact) mass is 266 g/mol. The van der Waals surface area contributed by atoms with Crippen LogP contribution in [-0.4, -0.2) is 31.1 Å². The number of aliphatic carboxylic acids is 1. The highest BCUT2D eigenvalue weighted by molar-refractivity contribution is 5.85. The van der Waals surface area contributed by atoms with Crippen LogP contribution >= 0.6 is 0 Å². The third-order valence-corrected chi connectivity index (χ3v) is 5.02. The van der Waals surface area contributed by atoms with Gasteiger partial charge in [0.2, 0.25) is 5.91 Å². The van der Waals surface area contributed by atoms with E-state index in [0.717, 1.165) is 38.7 Å². The molecule has 19 heavy (non-hydrogen) atoms. The van der Waals surface area contributed by atoms with Crippen LogP contribution in [-0.2, 0) is 14.3 Å². The smallest absolute Gasteiger partial charge is 0.224 e. The molecule has 0 spiro atoms. The molecule has 0 aromatic heterocycles. The Kier molecular flexibility index (Phi) is 3.48. The molecule has 3 fully saturated rings. The predicted molar refractivity (Wildman–Crippen MR) is 64.8 cm³/mol. The summed E-state index contributed by atoms with van der Waals surface area (Å²) in [7, 11) is 0. The number of rotatable bonds is 4. The van der Waals surface area contributed by atoms with E-state index >= 15 is 0 Å². The van der Waals surface area contributed by atoms with Gasteiger partial charge in [-0.25, -0.2) is 0 Å². The lowest BCUT2D eigenvalue weighted by atomic mass is 9.78. The van der Waals surface area contributed by atoms with E-state index in [1.54, 1.807) is 0 Å². The maximum absolute atomic E-state index is 12.2. The Balaban J connectivity index is 1.60. The highest BCUT2D eigenvalue weighted by Gasteiger charge is 2.51. The van der Waals surface area contributed by atoms with Gasteiger partial charge in [-0.2, -0.15) is 0 Å². The molecule has 0 aromatic carbocycles. The Hall–Kier alpha value is -1.10. The number of carboxylic acid groups (broad SMARTS) is 1.